The number of hydrogen-bond acceptors (Lipinski definition) is 4. The molecule has 2 aliphatic rings. The number of β-amino-alcohol motifs (C(OH)–C–C–N with tert-alkyl or cyclic N) is 1. The molecule has 0 radical (unpaired) electrons. The van der Waals surface area contributed by atoms with Gasteiger partial charge in [0.05, 0.1) is 18.6 Å². The fourth-order valence-electron chi connectivity index (χ4n) is 3.44. The number of hydrogen-bond donors (Lipinski definition) is 2. The smallest absolute Gasteiger partial charge is 0.248 e. The summed E-state index contributed by atoms with van der Waals surface area (Å²) in [5, 5.41) is 13.0. The first-order valence-corrected chi connectivity index (χ1v) is 8.31. The zero-order valence-electron chi connectivity index (χ0n) is 13.5. The molecular formula is C16H28N2O4. The number of carbonyl (C=O) groups is 2. The van der Waals surface area contributed by atoms with Crippen LogP contribution in [0.25, 0.3) is 0 Å². The molecule has 1 aliphatic heterocycles. The van der Waals surface area contributed by atoms with Gasteiger partial charge in [0.2, 0.25) is 11.8 Å². The number of ether oxygens (including phenoxy) is 1. The summed E-state index contributed by atoms with van der Waals surface area (Å²) in [5.74, 6) is 0.307. The minimum atomic E-state index is -1.11. The molecule has 2 N–H and O–H groups in total. The molecule has 1 heterocycles. The van der Waals surface area contributed by atoms with Crippen LogP contribution in [0.3, 0.4) is 0 Å². The summed E-state index contributed by atoms with van der Waals surface area (Å²) >= 11 is 0. The SMILES string of the molecule is CNC(=O)CC1(O)CCCN(C(=O)COCC2CCCC2)C1. The van der Waals surface area contributed by atoms with Gasteiger partial charge in [0, 0.05) is 20.1 Å². The van der Waals surface area contributed by atoms with Crippen LogP contribution in [-0.2, 0) is 14.3 Å². The average molecular weight is 312 g/mol. The molecule has 1 aliphatic carbocycles. The lowest BCUT2D eigenvalue weighted by molar-refractivity contribution is -0.146. The molecule has 0 aromatic heterocycles. The van der Waals surface area contributed by atoms with E-state index in [1.54, 1.807) is 11.9 Å². The van der Waals surface area contributed by atoms with Gasteiger partial charge in [-0.2, -0.15) is 0 Å². The lowest BCUT2D eigenvalue weighted by atomic mass is 9.89. The third-order valence-electron chi connectivity index (χ3n) is 4.73. The van der Waals surface area contributed by atoms with Crippen LogP contribution in [0.2, 0.25) is 0 Å². The molecule has 6 nitrogen and oxygen atoms in total. The summed E-state index contributed by atoms with van der Waals surface area (Å²) in [6.07, 6.45) is 6.22. The van der Waals surface area contributed by atoms with Crippen molar-refractivity contribution >= 4 is 11.8 Å². The second kappa shape index (κ2) is 7.92. The van der Waals surface area contributed by atoms with Crippen molar-refractivity contribution < 1.29 is 19.4 Å². The number of nitrogens with zero attached hydrogens (tertiary/aromatic N) is 1. The van der Waals surface area contributed by atoms with E-state index < -0.39 is 5.60 Å². The van der Waals surface area contributed by atoms with Crippen LogP contribution in [-0.4, -0.2) is 60.8 Å². The summed E-state index contributed by atoms with van der Waals surface area (Å²) in [5.41, 5.74) is -1.11. The number of nitrogens with one attached hydrogen (secondary N) is 1. The van der Waals surface area contributed by atoms with Crippen molar-refractivity contribution in [3.63, 3.8) is 0 Å². The summed E-state index contributed by atoms with van der Waals surface area (Å²) < 4.78 is 5.55. The van der Waals surface area contributed by atoms with Crippen molar-refractivity contribution in [2.45, 2.75) is 50.5 Å². The third kappa shape index (κ3) is 4.95. The number of rotatable bonds is 6. The average Bonchev–Trinajstić information content (AvgIpc) is 3.00. The first-order chi connectivity index (χ1) is 10.5. The highest BCUT2D eigenvalue weighted by molar-refractivity contribution is 5.79. The van der Waals surface area contributed by atoms with Crippen LogP contribution in [0.5, 0.6) is 0 Å². The molecule has 1 atom stereocenters. The van der Waals surface area contributed by atoms with Gasteiger partial charge >= 0.3 is 0 Å². The molecule has 0 aromatic carbocycles. The monoisotopic (exact) mass is 312 g/mol. The van der Waals surface area contributed by atoms with Crippen molar-refractivity contribution in [1.29, 1.82) is 0 Å². The molecule has 0 spiro atoms. The van der Waals surface area contributed by atoms with Crippen LogP contribution in [0, 0.1) is 5.92 Å². The van der Waals surface area contributed by atoms with Gasteiger partial charge in [-0.3, -0.25) is 9.59 Å². The fourth-order valence-corrected chi connectivity index (χ4v) is 3.44. The largest absolute Gasteiger partial charge is 0.388 e. The van der Waals surface area contributed by atoms with Gasteiger partial charge in [-0.15, -0.1) is 0 Å². The van der Waals surface area contributed by atoms with Gasteiger partial charge in [0.1, 0.15) is 6.61 Å². The second-order valence-corrected chi connectivity index (χ2v) is 6.66. The Balaban J connectivity index is 1.75. The highest BCUT2D eigenvalue weighted by atomic mass is 16.5. The van der Waals surface area contributed by atoms with E-state index in [9.17, 15) is 14.7 Å². The number of piperidine rings is 1. The molecule has 1 unspecified atom stereocenters. The van der Waals surface area contributed by atoms with Gasteiger partial charge in [-0.25, -0.2) is 0 Å². The first kappa shape index (κ1) is 17.2. The van der Waals surface area contributed by atoms with Gasteiger partial charge in [-0.1, -0.05) is 12.8 Å². The van der Waals surface area contributed by atoms with Gasteiger partial charge < -0.3 is 20.1 Å². The standard InChI is InChI=1S/C16H28N2O4/c1-17-14(19)9-16(21)7-4-8-18(12-16)15(20)11-22-10-13-5-2-3-6-13/h13,21H,2-12H2,1H3,(H,17,19). The van der Waals surface area contributed by atoms with E-state index in [2.05, 4.69) is 5.32 Å². The summed E-state index contributed by atoms with van der Waals surface area (Å²) in [6, 6.07) is 0. The lowest BCUT2D eigenvalue weighted by Gasteiger charge is -2.38. The van der Waals surface area contributed by atoms with Crippen molar-refractivity contribution in [3.8, 4) is 0 Å². The van der Waals surface area contributed by atoms with Gasteiger partial charge in [0.25, 0.3) is 0 Å². The van der Waals surface area contributed by atoms with Gasteiger partial charge in [-0.05, 0) is 31.6 Å². The first-order valence-electron chi connectivity index (χ1n) is 8.31. The van der Waals surface area contributed by atoms with Gasteiger partial charge in [0.15, 0.2) is 0 Å². The van der Waals surface area contributed by atoms with Crippen molar-refractivity contribution in [3.05, 3.63) is 0 Å². The van der Waals surface area contributed by atoms with Crippen LogP contribution >= 0.6 is 0 Å². The van der Waals surface area contributed by atoms with E-state index in [0.29, 0.717) is 31.9 Å². The Kier molecular flexibility index (Phi) is 6.20. The molecule has 2 amide bonds. The fraction of sp³-hybridized carbons (Fsp3) is 0.875. The van der Waals surface area contributed by atoms with E-state index in [0.717, 1.165) is 0 Å². The molecule has 22 heavy (non-hydrogen) atoms. The molecule has 0 aromatic rings. The maximum atomic E-state index is 12.2. The summed E-state index contributed by atoms with van der Waals surface area (Å²) in [4.78, 5) is 25.3. The highest BCUT2D eigenvalue weighted by Crippen LogP contribution is 2.26. The minimum Gasteiger partial charge on any atom is -0.388 e. The zero-order chi connectivity index (χ0) is 16.0. The predicted molar refractivity (Wildman–Crippen MR) is 82.2 cm³/mol. The topological polar surface area (TPSA) is 78.9 Å². The van der Waals surface area contributed by atoms with Crippen LogP contribution in [0.15, 0.2) is 0 Å². The molecule has 6 heteroatoms. The maximum Gasteiger partial charge on any atom is 0.248 e. The third-order valence-corrected chi connectivity index (χ3v) is 4.73. The quantitative estimate of drug-likeness (QED) is 0.756. The number of carbonyl (C=O) groups excluding carboxylic acids is 2. The Morgan fingerprint density at radius 2 is 2.05 bits per heavy atom. The second-order valence-electron chi connectivity index (χ2n) is 6.66. The highest BCUT2D eigenvalue weighted by Gasteiger charge is 2.36. The van der Waals surface area contributed by atoms with Crippen LogP contribution in [0.1, 0.15) is 44.9 Å². The Bertz CT molecular complexity index is 396. The Morgan fingerprint density at radius 1 is 1.32 bits per heavy atom. The van der Waals surface area contributed by atoms with E-state index >= 15 is 0 Å². The molecule has 2 fully saturated rings. The molecular weight excluding hydrogens is 284 g/mol. The summed E-state index contributed by atoms with van der Waals surface area (Å²) in [6.45, 7) is 1.57. The minimum absolute atomic E-state index is 0.0379. The van der Waals surface area contributed by atoms with E-state index in [4.69, 9.17) is 4.74 Å². The predicted octanol–water partition coefficient (Wildman–Crippen LogP) is 0.683. The van der Waals surface area contributed by atoms with Crippen LogP contribution in [0.4, 0.5) is 0 Å². The lowest BCUT2D eigenvalue weighted by Crippen LogP contribution is -2.52. The zero-order valence-corrected chi connectivity index (χ0v) is 13.5. The maximum absolute atomic E-state index is 12.2. The number of amides is 2. The van der Waals surface area contributed by atoms with E-state index in [1.165, 1.54) is 25.7 Å². The van der Waals surface area contributed by atoms with Crippen LogP contribution < -0.4 is 5.32 Å². The van der Waals surface area contributed by atoms with E-state index in [-0.39, 0.29) is 31.4 Å². The van der Waals surface area contributed by atoms with Crippen molar-refractivity contribution in [1.82, 2.24) is 10.2 Å². The Morgan fingerprint density at radius 3 is 2.73 bits per heavy atom. The summed E-state index contributed by atoms with van der Waals surface area (Å²) in [7, 11) is 1.55. The molecule has 126 valence electrons. The molecule has 1 saturated heterocycles. The normalized spacial score (nSPS) is 26.2. The Labute approximate surface area is 132 Å². The van der Waals surface area contributed by atoms with Crippen molar-refractivity contribution in [2.24, 2.45) is 5.92 Å². The molecule has 1 saturated carbocycles. The van der Waals surface area contributed by atoms with E-state index in [1.807, 2.05) is 0 Å². The number of aliphatic hydroxyl groups is 1. The molecule has 0 bridgehead atoms. The number of likely N-dealkylation sites (tertiary alicyclic amines) is 1. The Hall–Kier alpha value is -1.14. The van der Waals surface area contributed by atoms with Crippen molar-refractivity contribution in [2.75, 3.05) is 33.4 Å². The molecule has 2 rings (SSSR count).